The summed E-state index contributed by atoms with van der Waals surface area (Å²) in [5, 5.41) is 5.15. The molecule has 8 nitrogen and oxygen atoms in total. The molecule has 182 valence electrons. The number of amides is 2. The number of hydrogen-bond acceptors (Lipinski definition) is 6. The summed E-state index contributed by atoms with van der Waals surface area (Å²) in [5.74, 6) is -2.89. The molecule has 1 atom stereocenters. The first-order valence-electron chi connectivity index (χ1n) is 11.1. The van der Waals surface area contributed by atoms with Crippen LogP contribution in [0.4, 0.5) is 0 Å². The number of carbonyl (C=O) groups is 4. The fraction of sp³-hybridized carbons (Fsp3) is 0.385. The molecule has 0 saturated heterocycles. The van der Waals surface area contributed by atoms with E-state index in [4.69, 9.17) is 9.47 Å². The third-order valence-electron chi connectivity index (χ3n) is 4.63. The minimum atomic E-state index is -0.751. The van der Waals surface area contributed by atoms with Gasteiger partial charge in [0, 0.05) is 6.54 Å². The van der Waals surface area contributed by atoms with Gasteiger partial charge in [0.05, 0.1) is 12.3 Å². The van der Waals surface area contributed by atoms with Gasteiger partial charge < -0.3 is 20.1 Å². The number of esters is 2. The highest BCUT2D eigenvalue weighted by atomic mass is 16.6. The van der Waals surface area contributed by atoms with Crippen LogP contribution in [-0.4, -0.2) is 42.5 Å². The lowest BCUT2D eigenvalue weighted by molar-refractivity contribution is -0.157. The molecule has 2 N–H and O–H groups in total. The number of ether oxygens (including phenoxy) is 2. The minimum Gasteiger partial charge on any atom is -0.460 e. The molecule has 2 rings (SSSR count). The van der Waals surface area contributed by atoms with E-state index in [2.05, 4.69) is 10.6 Å². The van der Waals surface area contributed by atoms with Gasteiger partial charge in [-0.3, -0.25) is 19.2 Å². The Kier molecular flexibility index (Phi) is 10.3. The molecule has 0 spiro atoms. The second-order valence-electron chi connectivity index (χ2n) is 8.82. The summed E-state index contributed by atoms with van der Waals surface area (Å²) >= 11 is 0. The Hall–Kier alpha value is -3.68. The molecule has 0 unspecified atom stereocenters. The molecule has 0 aromatic heterocycles. The van der Waals surface area contributed by atoms with Crippen LogP contribution in [0.3, 0.4) is 0 Å². The monoisotopic (exact) mass is 468 g/mol. The molecular weight excluding hydrogens is 436 g/mol. The zero-order valence-electron chi connectivity index (χ0n) is 19.8. The van der Waals surface area contributed by atoms with E-state index in [0.717, 1.165) is 11.1 Å². The lowest BCUT2D eigenvalue weighted by Crippen LogP contribution is -2.38. The molecule has 0 radical (unpaired) electrons. The highest BCUT2D eigenvalue weighted by Gasteiger charge is 2.26. The number of benzene rings is 2. The van der Waals surface area contributed by atoms with Crippen LogP contribution in [0.25, 0.3) is 0 Å². The van der Waals surface area contributed by atoms with Crippen molar-refractivity contribution < 1.29 is 28.7 Å². The van der Waals surface area contributed by atoms with Crippen molar-refractivity contribution in [2.75, 3.05) is 13.2 Å². The van der Waals surface area contributed by atoms with Crippen LogP contribution in [-0.2, 0) is 41.6 Å². The van der Waals surface area contributed by atoms with Crippen molar-refractivity contribution in [1.29, 1.82) is 0 Å². The lowest BCUT2D eigenvalue weighted by Gasteiger charge is -2.22. The highest BCUT2D eigenvalue weighted by molar-refractivity contribution is 5.87. The quantitative estimate of drug-likeness (QED) is 0.491. The number of carbonyl (C=O) groups excluding carboxylic acids is 4. The molecule has 0 fully saturated rings. The maximum absolute atomic E-state index is 12.7. The number of nitrogens with one attached hydrogen (secondary N) is 2. The first-order valence-corrected chi connectivity index (χ1v) is 11.1. The van der Waals surface area contributed by atoms with Crippen LogP contribution in [0.5, 0.6) is 0 Å². The maximum Gasteiger partial charge on any atom is 0.325 e. The van der Waals surface area contributed by atoms with E-state index in [1.54, 1.807) is 20.8 Å². The van der Waals surface area contributed by atoms with Gasteiger partial charge in [-0.25, -0.2) is 0 Å². The highest BCUT2D eigenvalue weighted by Crippen LogP contribution is 2.16. The Morgan fingerprint density at radius 1 is 0.824 bits per heavy atom. The van der Waals surface area contributed by atoms with Crippen molar-refractivity contribution in [3.8, 4) is 0 Å². The molecule has 2 aromatic rings. The number of rotatable bonds is 11. The van der Waals surface area contributed by atoms with Crippen LogP contribution < -0.4 is 10.6 Å². The molecular formula is C26H32N2O6. The first-order chi connectivity index (χ1) is 16.1. The average Bonchev–Trinajstić information content (AvgIpc) is 2.79. The van der Waals surface area contributed by atoms with E-state index in [1.807, 2.05) is 60.7 Å². The Morgan fingerprint density at radius 2 is 1.41 bits per heavy atom. The van der Waals surface area contributed by atoms with Gasteiger partial charge in [-0.1, -0.05) is 60.7 Å². The molecule has 2 amide bonds. The second kappa shape index (κ2) is 13.1. The Morgan fingerprint density at radius 3 is 2.00 bits per heavy atom. The van der Waals surface area contributed by atoms with Crippen molar-refractivity contribution >= 4 is 23.8 Å². The van der Waals surface area contributed by atoms with E-state index >= 15 is 0 Å². The van der Waals surface area contributed by atoms with Crippen LogP contribution in [0.1, 0.15) is 38.3 Å². The van der Waals surface area contributed by atoms with Crippen molar-refractivity contribution in [3.63, 3.8) is 0 Å². The summed E-state index contributed by atoms with van der Waals surface area (Å²) in [4.78, 5) is 48.9. The van der Waals surface area contributed by atoms with Gasteiger partial charge in [0.1, 0.15) is 12.1 Å². The van der Waals surface area contributed by atoms with Crippen LogP contribution in [0, 0.1) is 5.92 Å². The average molecular weight is 469 g/mol. The summed E-state index contributed by atoms with van der Waals surface area (Å²) in [6.07, 6.45) is 0.178. The predicted octanol–water partition coefficient (Wildman–Crippen LogP) is 2.55. The molecule has 0 aliphatic rings. The number of hydrogen-bond donors (Lipinski definition) is 2. The third-order valence-corrected chi connectivity index (χ3v) is 4.63. The topological polar surface area (TPSA) is 111 Å². The fourth-order valence-electron chi connectivity index (χ4n) is 3.09. The Labute approximate surface area is 200 Å². The van der Waals surface area contributed by atoms with E-state index < -0.39 is 48.4 Å². The molecule has 0 bridgehead atoms. The van der Waals surface area contributed by atoms with Crippen LogP contribution in [0.2, 0.25) is 0 Å². The van der Waals surface area contributed by atoms with Crippen LogP contribution in [0.15, 0.2) is 60.7 Å². The summed E-state index contributed by atoms with van der Waals surface area (Å²) in [5.41, 5.74) is 1.13. The molecule has 0 aliphatic heterocycles. The molecule has 34 heavy (non-hydrogen) atoms. The van der Waals surface area contributed by atoms with Gasteiger partial charge in [-0.2, -0.15) is 0 Å². The van der Waals surface area contributed by atoms with Crippen molar-refractivity contribution in [3.05, 3.63) is 71.8 Å². The van der Waals surface area contributed by atoms with E-state index in [1.165, 1.54) is 0 Å². The van der Waals surface area contributed by atoms with Crippen LogP contribution >= 0.6 is 0 Å². The van der Waals surface area contributed by atoms with Gasteiger partial charge in [-0.15, -0.1) is 0 Å². The second-order valence-corrected chi connectivity index (χ2v) is 8.82. The Bertz CT molecular complexity index is 954. The van der Waals surface area contributed by atoms with Gasteiger partial charge in [0.2, 0.25) is 5.91 Å². The van der Waals surface area contributed by atoms with Crippen molar-refractivity contribution in [1.82, 2.24) is 10.6 Å². The smallest absolute Gasteiger partial charge is 0.325 e. The molecule has 0 saturated carbocycles. The van der Waals surface area contributed by atoms with Crippen molar-refractivity contribution in [2.24, 2.45) is 5.92 Å². The lowest BCUT2D eigenvalue weighted by atomic mass is 9.95. The zero-order valence-corrected chi connectivity index (χ0v) is 19.8. The standard InChI is InChI=1S/C26H32N2O6/c1-26(2,3)34-23(30)15-21(14-19-10-6-4-7-11-19)25(32)28-17-24(31)33-18-22(29)27-16-20-12-8-5-9-13-20/h4-13,21H,14-18H2,1-3H3,(H,27,29)(H,28,32)/t21-/m1/s1. The summed E-state index contributed by atoms with van der Waals surface area (Å²) in [6.45, 7) is 4.71. The SMILES string of the molecule is CC(C)(C)OC(=O)C[C@@H](Cc1ccccc1)C(=O)NCC(=O)OCC(=O)NCc1ccccc1. The summed E-state index contributed by atoms with van der Waals surface area (Å²) in [7, 11) is 0. The Balaban J connectivity index is 1.82. The molecule has 8 heteroatoms. The summed E-state index contributed by atoms with van der Waals surface area (Å²) < 4.78 is 10.3. The van der Waals surface area contributed by atoms with Gasteiger partial charge in [0.15, 0.2) is 6.61 Å². The summed E-state index contributed by atoms with van der Waals surface area (Å²) in [6, 6.07) is 18.6. The first kappa shape index (κ1) is 26.6. The van der Waals surface area contributed by atoms with Crippen molar-refractivity contribution in [2.45, 2.75) is 45.8 Å². The largest absolute Gasteiger partial charge is 0.460 e. The third kappa shape index (κ3) is 10.8. The molecule has 0 heterocycles. The molecule has 2 aromatic carbocycles. The van der Waals surface area contributed by atoms with Gasteiger partial charge >= 0.3 is 11.9 Å². The maximum atomic E-state index is 12.7. The minimum absolute atomic E-state index is 0.130. The normalized spacial score (nSPS) is 11.7. The zero-order chi connectivity index (χ0) is 25.0. The fourth-order valence-corrected chi connectivity index (χ4v) is 3.09. The predicted molar refractivity (Wildman–Crippen MR) is 126 cm³/mol. The van der Waals surface area contributed by atoms with E-state index in [9.17, 15) is 19.2 Å². The molecule has 0 aliphatic carbocycles. The van der Waals surface area contributed by atoms with Gasteiger partial charge in [-0.05, 0) is 38.3 Å². The van der Waals surface area contributed by atoms with E-state index in [-0.39, 0.29) is 6.42 Å². The van der Waals surface area contributed by atoms with Gasteiger partial charge in [0.25, 0.3) is 5.91 Å². The van der Waals surface area contributed by atoms with E-state index in [0.29, 0.717) is 13.0 Å².